The number of hydrogen-bond acceptors (Lipinski definition) is 6. The lowest BCUT2D eigenvalue weighted by atomic mass is 10.1. The summed E-state index contributed by atoms with van der Waals surface area (Å²) >= 11 is 5.84. The molecule has 0 heterocycles. The van der Waals surface area contributed by atoms with Crippen molar-refractivity contribution in [1.29, 1.82) is 0 Å². The van der Waals surface area contributed by atoms with E-state index in [9.17, 15) is 9.90 Å². The van der Waals surface area contributed by atoms with Crippen LogP contribution in [0.2, 0.25) is 5.02 Å². The molecule has 3 aromatic rings. The molecule has 0 aliphatic carbocycles. The molecule has 2 N–H and O–H groups in total. The SMILES string of the molecule is COc1cc(/C=N/NC(=O)c2ccc(O)c(Cl)c2)cc(/C=C/COc2ccccc2)c1OC. The summed E-state index contributed by atoms with van der Waals surface area (Å²) < 4.78 is 16.6. The fraction of sp³-hybridized carbons (Fsp3) is 0.120. The van der Waals surface area contributed by atoms with Crippen molar-refractivity contribution in [3.8, 4) is 23.0 Å². The second kappa shape index (κ2) is 11.6. The zero-order valence-electron chi connectivity index (χ0n) is 18.1. The monoisotopic (exact) mass is 466 g/mol. The number of hydrogen-bond donors (Lipinski definition) is 2. The number of rotatable bonds is 9. The van der Waals surface area contributed by atoms with Gasteiger partial charge in [0.05, 0.1) is 25.5 Å². The summed E-state index contributed by atoms with van der Waals surface area (Å²) in [7, 11) is 3.10. The normalized spacial score (nSPS) is 11.0. The van der Waals surface area contributed by atoms with E-state index < -0.39 is 5.91 Å². The first-order chi connectivity index (χ1) is 16.0. The largest absolute Gasteiger partial charge is 0.506 e. The van der Waals surface area contributed by atoms with Crippen molar-refractivity contribution in [2.75, 3.05) is 20.8 Å². The predicted octanol–water partition coefficient (Wildman–Crippen LogP) is 4.92. The Balaban J connectivity index is 1.72. The number of nitrogens with one attached hydrogen (secondary N) is 1. The highest BCUT2D eigenvalue weighted by atomic mass is 35.5. The molecule has 0 saturated heterocycles. The lowest BCUT2D eigenvalue weighted by molar-refractivity contribution is 0.0955. The summed E-state index contributed by atoms with van der Waals surface area (Å²) in [6.07, 6.45) is 5.21. The molecule has 0 aliphatic rings. The number of amides is 1. The Labute approximate surface area is 196 Å². The van der Waals surface area contributed by atoms with Gasteiger partial charge in [-0.1, -0.05) is 35.9 Å². The van der Waals surface area contributed by atoms with Crippen LogP contribution < -0.4 is 19.6 Å². The average Bonchev–Trinajstić information content (AvgIpc) is 2.83. The second-order valence-corrected chi connectivity index (χ2v) is 7.14. The van der Waals surface area contributed by atoms with Gasteiger partial charge in [-0.2, -0.15) is 5.10 Å². The summed E-state index contributed by atoms with van der Waals surface area (Å²) in [5, 5.41) is 13.6. The number of benzene rings is 3. The van der Waals surface area contributed by atoms with Crippen LogP contribution in [0.4, 0.5) is 0 Å². The van der Waals surface area contributed by atoms with Gasteiger partial charge in [-0.25, -0.2) is 5.43 Å². The Bertz CT molecular complexity index is 1160. The van der Waals surface area contributed by atoms with Crippen LogP contribution in [0.3, 0.4) is 0 Å². The molecule has 1 amide bonds. The Hall–Kier alpha value is -3.97. The van der Waals surface area contributed by atoms with Crippen LogP contribution in [0.1, 0.15) is 21.5 Å². The van der Waals surface area contributed by atoms with E-state index >= 15 is 0 Å². The van der Waals surface area contributed by atoms with Gasteiger partial charge in [-0.15, -0.1) is 0 Å². The average molecular weight is 467 g/mol. The predicted molar refractivity (Wildman–Crippen MR) is 129 cm³/mol. The quantitative estimate of drug-likeness (QED) is 0.345. The van der Waals surface area contributed by atoms with E-state index in [0.29, 0.717) is 23.7 Å². The Morgan fingerprint density at radius 3 is 2.58 bits per heavy atom. The van der Waals surface area contributed by atoms with E-state index in [4.69, 9.17) is 25.8 Å². The lowest BCUT2D eigenvalue weighted by Crippen LogP contribution is -2.17. The smallest absolute Gasteiger partial charge is 0.271 e. The first kappa shape index (κ1) is 23.7. The molecule has 0 saturated carbocycles. The van der Waals surface area contributed by atoms with Crippen molar-refractivity contribution < 1.29 is 24.1 Å². The van der Waals surface area contributed by atoms with Crippen LogP contribution in [0, 0.1) is 0 Å². The number of phenolic OH excluding ortho intramolecular Hbond substituents is 1. The molecular formula is C25H23ClN2O5. The van der Waals surface area contributed by atoms with E-state index in [1.54, 1.807) is 20.3 Å². The maximum absolute atomic E-state index is 12.2. The molecule has 0 atom stereocenters. The molecule has 3 aromatic carbocycles. The number of carbonyl (C=O) groups excluding carboxylic acids is 1. The van der Waals surface area contributed by atoms with Crippen LogP contribution in [0.5, 0.6) is 23.0 Å². The standard InChI is InChI=1S/C25H23ClN2O5/c1-31-23-14-17(16-27-28-25(30)19-10-11-22(29)21(26)15-19)13-18(24(23)32-2)7-6-12-33-20-8-4-3-5-9-20/h3-11,13-16,29H,12H2,1-2H3,(H,28,30)/b7-6+,27-16+. The van der Waals surface area contributed by atoms with Crippen molar-refractivity contribution >= 4 is 29.8 Å². The molecule has 170 valence electrons. The van der Waals surface area contributed by atoms with Crippen molar-refractivity contribution in [3.05, 3.63) is 88.5 Å². The molecule has 3 rings (SSSR count). The summed E-state index contributed by atoms with van der Waals surface area (Å²) in [5.41, 5.74) is 4.14. The molecule has 0 aromatic heterocycles. The molecule has 0 spiro atoms. The summed E-state index contributed by atoms with van der Waals surface area (Å²) in [6.45, 7) is 0.374. The van der Waals surface area contributed by atoms with Gasteiger partial charge in [0, 0.05) is 11.1 Å². The number of carbonyl (C=O) groups is 1. The van der Waals surface area contributed by atoms with Crippen molar-refractivity contribution in [2.24, 2.45) is 5.10 Å². The molecule has 0 unspecified atom stereocenters. The Morgan fingerprint density at radius 1 is 1.09 bits per heavy atom. The minimum Gasteiger partial charge on any atom is -0.506 e. The number of aromatic hydroxyl groups is 1. The van der Waals surface area contributed by atoms with E-state index in [1.165, 1.54) is 24.4 Å². The third kappa shape index (κ3) is 6.51. The molecule has 7 nitrogen and oxygen atoms in total. The highest BCUT2D eigenvalue weighted by Gasteiger charge is 2.11. The van der Waals surface area contributed by atoms with Crippen molar-refractivity contribution in [2.45, 2.75) is 0 Å². The van der Waals surface area contributed by atoms with Crippen LogP contribution in [-0.2, 0) is 0 Å². The summed E-state index contributed by atoms with van der Waals surface area (Å²) in [4.78, 5) is 12.2. The first-order valence-electron chi connectivity index (χ1n) is 9.94. The van der Waals surface area contributed by atoms with Gasteiger partial charge in [0.2, 0.25) is 0 Å². The Morgan fingerprint density at radius 2 is 1.88 bits per heavy atom. The highest BCUT2D eigenvalue weighted by Crippen LogP contribution is 2.33. The Kier molecular flexibility index (Phi) is 8.32. The third-order valence-corrected chi connectivity index (χ3v) is 4.81. The van der Waals surface area contributed by atoms with Gasteiger partial charge >= 0.3 is 0 Å². The van der Waals surface area contributed by atoms with Gasteiger partial charge in [0.25, 0.3) is 5.91 Å². The number of ether oxygens (including phenoxy) is 3. The molecule has 8 heteroatoms. The summed E-state index contributed by atoms with van der Waals surface area (Å²) in [6, 6.07) is 17.2. The summed E-state index contributed by atoms with van der Waals surface area (Å²) in [5.74, 6) is 1.29. The first-order valence-corrected chi connectivity index (χ1v) is 10.3. The van der Waals surface area contributed by atoms with E-state index in [-0.39, 0.29) is 16.3 Å². The maximum atomic E-state index is 12.2. The third-order valence-electron chi connectivity index (χ3n) is 4.51. The second-order valence-electron chi connectivity index (χ2n) is 6.74. The van der Waals surface area contributed by atoms with E-state index in [0.717, 1.165) is 11.3 Å². The van der Waals surface area contributed by atoms with Crippen LogP contribution in [0.25, 0.3) is 6.08 Å². The molecule has 0 aliphatic heterocycles. The van der Waals surface area contributed by atoms with E-state index in [2.05, 4.69) is 10.5 Å². The molecule has 0 fully saturated rings. The number of nitrogens with zero attached hydrogens (tertiary/aromatic N) is 1. The number of phenols is 1. The topological polar surface area (TPSA) is 89.4 Å². The van der Waals surface area contributed by atoms with Crippen LogP contribution >= 0.6 is 11.6 Å². The van der Waals surface area contributed by atoms with Gasteiger partial charge in [-0.05, 0) is 54.1 Å². The number of para-hydroxylation sites is 1. The zero-order valence-corrected chi connectivity index (χ0v) is 18.9. The van der Waals surface area contributed by atoms with Crippen molar-refractivity contribution in [1.82, 2.24) is 5.43 Å². The molecular weight excluding hydrogens is 444 g/mol. The van der Waals surface area contributed by atoms with Crippen LogP contribution in [0.15, 0.2) is 71.8 Å². The fourth-order valence-electron chi connectivity index (χ4n) is 2.93. The maximum Gasteiger partial charge on any atom is 0.271 e. The number of hydrazone groups is 1. The fourth-order valence-corrected chi connectivity index (χ4v) is 3.11. The minimum absolute atomic E-state index is 0.0826. The number of halogens is 1. The highest BCUT2D eigenvalue weighted by molar-refractivity contribution is 6.32. The molecule has 33 heavy (non-hydrogen) atoms. The van der Waals surface area contributed by atoms with E-state index in [1.807, 2.05) is 48.6 Å². The van der Waals surface area contributed by atoms with Gasteiger partial charge in [0.15, 0.2) is 11.5 Å². The molecule has 0 radical (unpaired) electrons. The van der Waals surface area contributed by atoms with Gasteiger partial charge < -0.3 is 19.3 Å². The van der Waals surface area contributed by atoms with Gasteiger partial charge in [0.1, 0.15) is 18.1 Å². The minimum atomic E-state index is -0.466. The zero-order chi connectivity index (χ0) is 23.6. The van der Waals surface area contributed by atoms with Gasteiger partial charge in [-0.3, -0.25) is 4.79 Å². The number of methoxy groups -OCH3 is 2. The van der Waals surface area contributed by atoms with Crippen molar-refractivity contribution in [3.63, 3.8) is 0 Å². The lowest BCUT2D eigenvalue weighted by Gasteiger charge is -2.12. The molecule has 0 bridgehead atoms. The van der Waals surface area contributed by atoms with Crippen LogP contribution in [-0.4, -0.2) is 38.1 Å².